The molecule has 0 heterocycles. The Balaban J connectivity index is 0. The van der Waals surface area contributed by atoms with Gasteiger partial charge in [0.25, 0.3) is 0 Å². The normalized spacial score (nSPS) is 6.58. The zero-order valence-electron chi connectivity index (χ0n) is 9.76. The first-order valence-corrected chi connectivity index (χ1v) is 4.45. The smallest absolute Gasteiger partial charge is 0.222 e. The number of hydrogen-bond donors (Lipinski definition) is 2. The molecule has 0 aliphatic carbocycles. The number of nitrogens with zero attached hydrogens (tertiary/aromatic N) is 2. The fourth-order valence-electron chi connectivity index (χ4n) is 0.890. The van der Waals surface area contributed by atoms with Crippen molar-refractivity contribution in [2.75, 3.05) is 0 Å². The van der Waals surface area contributed by atoms with Crippen LogP contribution in [-0.2, 0) is 19.2 Å². The van der Waals surface area contributed by atoms with Crippen LogP contribution in [-0.4, -0.2) is 24.3 Å². The Labute approximate surface area is 107 Å². The van der Waals surface area contributed by atoms with Crippen LogP contribution in [0.4, 0.5) is 11.4 Å². The third kappa shape index (κ3) is 9.66. The zero-order chi connectivity index (χ0) is 15.1. The van der Waals surface area contributed by atoms with Gasteiger partial charge in [-0.05, 0) is 24.6 Å². The van der Waals surface area contributed by atoms with Crippen molar-refractivity contribution in [3.8, 4) is 0 Å². The Bertz CT molecular complexity index is 560. The van der Waals surface area contributed by atoms with Crippen LogP contribution in [0.5, 0.6) is 0 Å². The van der Waals surface area contributed by atoms with Gasteiger partial charge in [-0.1, -0.05) is 6.07 Å². The first kappa shape index (κ1) is 18.1. The van der Waals surface area contributed by atoms with Gasteiger partial charge in [0.2, 0.25) is 24.3 Å². The standard InChI is InChI=1S/C9H6N2O2.2CHNO/c1-7-2-3-8(10-5-12)4-9(7)11-6-13;2*2-1-3/h2-4H,1H3;2*2H. The third-order valence-electron chi connectivity index (χ3n) is 1.53. The highest BCUT2D eigenvalue weighted by atomic mass is 16.1. The summed E-state index contributed by atoms with van der Waals surface area (Å²) in [7, 11) is 0. The van der Waals surface area contributed by atoms with E-state index in [1.165, 1.54) is 18.2 Å². The van der Waals surface area contributed by atoms with E-state index in [1.54, 1.807) is 19.1 Å². The fourth-order valence-corrected chi connectivity index (χ4v) is 0.890. The van der Waals surface area contributed by atoms with Crippen LogP contribution in [0.15, 0.2) is 28.2 Å². The molecular formula is C11H8N4O4. The van der Waals surface area contributed by atoms with E-state index in [9.17, 15) is 9.59 Å². The van der Waals surface area contributed by atoms with Gasteiger partial charge in [0.15, 0.2) is 0 Å². The summed E-state index contributed by atoms with van der Waals surface area (Å²) in [5.74, 6) is 0. The van der Waals surface area contributed by atoms with E-state index in [1.807, 2.05) is 0 Å². The van der Waals surface area contributed by atoms with E-state index in [4.69, 9.17) is 20.4 Å². The minimum Gasteiger partial charge on any atom is -0.222 e. The topological polar surface area (TPSA) is 141 Å². The molecule has 0 aliphatic rings. The van der Waals surface area contributed by atoms with E-state index in [0.29, 0.717) is 11.4 Å². The van der Waals surface area contributed by atoms with E-state index in [-0.39, 0.29) is 0 Å². The molecule has 0 aromatic heterocycles. The van der Waals surface area contributed by atoms with Gasteiger partial charge in [0.05, 0.1) is 11.4 Å². The molecular weight excluding hydrogens is 252 g/mol. The predicted molar refractivity (Wildman–Crippen MR) is 63.6 cm³/mol. The van der Waals surface area contributed by atoms with Crippen molar-refractivity contribution < 1.29 is 19.2 Å². The SMILES string of the molecule is Cc1ccc(N=C=O)cc1N=C=O.N=C=O.N=C=O. The van der Waals surface area contributed by atoms with Gasteiger partial charge < -0.3 is 0 Å². The zero-order valence-corrected chi connectivity index (χ0v) is 9.76. The summed E-state index contributed by atoms with van der Waals surface area (Å²) in [4.78, 5) is 43.5. The number of carbonyl (C=O) groups excluding carboxylic acids is 4. The number of hydrogen-bond acceptors (Lipinski definition) is 8. The molecule has 0 unspecified atom stereocenters. The molecule has 0 fully saturated rings. The molecule has 96 valence electrons. The van der Waals surface area contributed by atoms with Crippen molar-refractivity contribution in [2.45, 2.75) is 6.92 Å². The van der Waals surface area contributed by atoms with Crippen LogP contribution in [0.2, 0.25) is 0 Å². The second-order valence-corrected chi connectivity index (χ2v) is 2.58. The first-order chi connectivity index (χ1) is 9.10. The minimum atomic E-state index is 0.426. The second-order valence-electron chi connectivity index (χ2n) is 2.58. The van der Waals surface area contributed by atoms with Gasteiger partial charge in [-0.25, -0.2) is 30.0 Å². The lowest BCUT2D eigenvalue weighted by Gasteiger charge is -1.97. The number of benzene rings is 1. The number of isocyanates is 4. The molecule has 0 atom stereocenters. The Morgan fingerprint density at radius 2 is 1.42 bits per heavy atom. The molecule has 0 bridgehead atoms. The lowest BCUT2D eigenvalue weighted by molar-refractivity contribution is 0.562. The average Bonchev–Trinajstić information content (AvgIpc) is 2.36. The summed E-state index contributed by atoms with van der Waals surface area (Å²) in [5.41, 5.74) is 1.72. The molecule has 0 saturated carbocycles. The number of aryl methyl sites for hydroxylation is 1. The number of aliphatic imine (C=N–C) groups is 2. The van der Waals surface area contributed by atoms with Gasteiger partial charge in [0.1, 0.15) is 0 Å². The van der Waals surface area contributed by atoms with Crippen molar-refractivity contribution in [3.63, 3.8) is 0 Å². The maximum atomic E-state index is 10.00. The van der Waals surface area contributed by atoms with Crippen molar-refractivity contribution in [1.82, 2.24) is 0 Å². The molecule has 2 N–H and O–H groups in total. The van der Waals surface area contributed by atoms with E-state index in [2.05, 4.69) is 9.98 Å². The summed E-state index contributed by atoms with van der Waals surface area (Å²) >= 11 is 0. The van der Waals surface area contributed by atoms with Gasteiger partial charge >= 0.3 is 0 Å². The van der Waals surface area contributed by atoms with Crippen molar-refractivity contribution in [3.05, 3.63) is 23.8 Å². The van der Waals surface area contributed by atoms with Crippen LogP contribution >= 0.6 is 0 Å². The Kier molecular flexibility index (Phi) is 12.2. The molecule has 0 radical (unpaired) electrons. The third-order valence-corrected chi connectivity index (χ3v) is 1.53. The van der Waals surface area contributed by atoms with E-state index in [0.717, 1.165) is 17.7 Å². The lowest BCUT2D eigenvalue weighted by Crippen LogP contribution is -1.73. The molecule has 1 aromatic rings. The van der Waals surface area contributed by atoms with Crippen LogP contribution in [0.1, 0.15) is 5.56 Å². The molecule has 0 amide bonds. The summed E-state index contributed by atoms with van der Waals surface area (Å²) in [6.07, 6.45) is 4.34. The molecule has 0 aliphatic heterocycles. The maximum absolute atomic E-state index is 10.00. The molecule has 8 nitrogen and oxygen atoms in total. The summed E-state index contributed by atoms with van der Waals surface area (Å²) in [6, 6.07) is 4.88. The molecule has 0 saturated heterocycles. The second kappa shape index (κ2) is 12.8. The van der Waals surface area contributed by atoms with Crippen LogP contribution < -0.4 is 0 Å². The first-order valence-electron chi connectivity index (χ1n) is 4.45. The van der Waals surface area contributed by atoms with E-state index < -0.39 is 0 Å². The molecule has 1 rings (SSSR count). The maximum Gasteiger partial charge on any atom is 0.240 e. The fraction of sp³-hybridized carbons (Fsp3) is 0.0909. The van der Waals surface area contributed by atoms with Crippen molar-refractivity contribution in [1.29, 1.82) is 10.8 Å². The van der Waals surface area contributed by atoms with Crippen molar-refractivity contribution >= 4 is 35.7 Å². The van der Waals surface area contributed by atoms with Gasteiger partial charge in [-0.2, -0.15) is 9.98 Å². The van der Waals surface area contributed by atoms with Crippen molar-refractivity contribution in [2.24, 2.45) is 9.98 Å². The summed E-state index contributed by atoms with van der Waals surface area (Å²) in [6.45, 7) is 1.80. The lowest BCUT2D eigenvalue weighted by atomic mass is 10.2. The molecule has 19 heavy (non-hydrogen) atoms. The Morgan fingerprint density at radius 3 is 1.84 bits per heavy atom. The predicted octanol–water partition coefficient (Wildman–Crippen LogP) is 1.73. The Hall–Kier alpha value is -3.26. The van der Waals surface area contributed by atoms with Gasteiger partial charge in [-0.15, -0.1) is 0 Å². The number of rotatable bonds is 2. The molecule has 1 aromatic carbocycles. The summed E-state index contributed by atoms with van der Waals surface area (Å²) < 4.78 is 0. The largest absolute Gasteiger partial charge is 0.240 e. The Morgan fingerprint density at radius 1 is 0.947 bits per heavy atom. The highest BCUT2D eigenvalue weighted by Gasteiger charge is 1.97. The van der Waals surface area contributed by atoms with Crippen LogP contribution in [0.3, 0.4) is 0 Å². The highest BCUT2D eigenvalue weighted by Crippen LogP contribution is 2.23. The summed E-state index contributed by atoms with van der Waals surface area (Å²) in [5, 5.41) is 10.8. The monoisotopic (exact) mass is 260 g/mol. The highest BCUT2D eigenvalue weighted by molar-refractivity contribution is 5.61. The van der Waals surface area contributed by atoms with Crippen LogP contribution in [0, 0.1) is 17.7 Å². The average molecular weight is 260 g/mol. The number of nitrogens with one attached hydrogen (secondary N) is 2. The molecule has 0 spiro atoms. The minimum absolute atomic E-state index is 0.426. The van der Waals surface area contributed by atoms with Gasteiger partial charge in [0, 0.05) is 0 Å². The van der Waals surface area contributed by atoms with Gasteiger partial charge in [-0.3, -0.25) is 0 Å². The van der Waals surface area contributed by atoms with Crippen LogP contribution in [0.25, 0.3) is 0 Å². The van der Waals surface area contributed by atoms with E-state index >= 15 is 0 Å². The quantitative estimate of drug-likeness (QED) is 0.616. The molecule has 8 heteroatoms.